The first-order valence-electron chi connectivity index (χ1n) is 4.40. The molecule has 0 saturated carbocycles. The molecule has 3 aromatic heterocycles. The Balaban J connectivity index is 2.33. The third kappa shape index (κ3) is 1.72. The fraction of sp³-hybridized carbons (Fsp3) is 0. The Morgan fingerprint density at radius 3 is 2.69 bits per heavy atom. The molecule has 0 radical (unpaired) electrons. The van der Waals surface area contributed by atoms with Crippen LogP contribution >= 0.6 is 45.9 Å². The van der Waals surface area contributed by atoms with Crippen LogP contribution in [0.15, 0.2) is 23.6 Å². The van der Waals surface area contributed by atoms with Crippen LogP contribution in [0.3, 0.4) is 0 Å². The van der Waals surface area contributed by atoms with Crippen LogP contribution in [0.5, 0.6) is 0 Å². The van der Waals surface area contributed by atoms with Crippen LogP contribution in [-0.4, -0.2) is 9.97 Å². The van der Waals surface area contributed by atoms with E-state index in [0.717, 1.165) is 25.1 Å². The average molecular weight is 287 g/mol. The molecule has 80 valence electrons. The molecule has 0 fully saturated rings. The Bertz CT molecular complexity index is 660. The van der Waals surface area contributed by atoms with Crippen molar-refractivity contribution >= 4 is 56.1 Å². The van der Waals surface area contributed by atoms with Crippen molar-refractivity contribution in [3.8, 4) is 10.6 Å². The molecule has 0 aromatic carbocycles. The molecule has 0 aliphatic heterocycles. The second kappa shape index (κ2) is 3.96. The summed E-state index contributed by atoms with van der Waals surface area (Å²) >= 11 is 14.9. The van der Waals surface area contributed by atoms with Crippen LogP contribution in [0, 0.1) is 0 Å². The molecule has 3 heterocycles. The summed E-state index contributed by atoms with van der Waals surface area (Å²) in [6.07, 6.45) is 0. The first-order chi connectivity index (χ1) is 7.74. The van der Waals surface area contributed by atoms with Crippen LogP contribution in [0.4, 0.5) is 0 Å². The number of hydrogen-bond acceptors (Lipinski definition) is 4. The summed E-state index contributed by atoms with van der Waals surface area (Å²) in [6.45, 7) is 0. The summed E-state index contributed by atoms with van der Waals surface area (Å²) in [7, 11) is 0. The van der Waals surface area contributed by atoms with E-state index >= 15 is 0 Å². The van der Waals surface area contributed by atoms with Gasteiger partial charge in [-0.15, -0.1) is 22.7 Å². The second-order valence-corrected chi connectivity index (χ2v) is 6.05. The second-order valence-electron chi connectivity index (χ2n) is 3.08. The third-order valence-electron chi connectivity index (χ3n) is 2.08. The molecule has 2 nitrogen and oxygen atoms in total. The number of halogens is 2. The Morgan fingerprint density at radius 1 is 1.06 bits per heavy atom. The molecular formula is C10H4Cl2N2S2. The fourth-order valence-electron chi connectivity index (χ4n) is 1.44. The molecule has 6 heteroatoms. The van der Waals surface area contributed by atoms with Gasteiger partial charge in [-0.3, -0.25) is 0 Å². The molecule has 0 spiro atoms. The molecule has 0 N–H and O–H groups in total. The van der Waals surface area contributed by atoms with Crippen molar-refractivity contribution in [1.29, 1.82) is 0 Å². The minimum Gasteiger partial charge on any atom is -0.217 e. The van der Waals surface area contributed by atoms with Gasteiger partial charge in [-0.25, -0.2) is 9.97 Å². The summed E-state index contributed by atoms with van der Waals surface area (Å²) in [6, 6.07) is 5.74. The van der Waals surface area contributed by atoms with E-state index in [1.807, 2.05) is 23.6 Å². The highest BCUT2D eigenvalue weighted by molar-refractivity contribution is 7.21. The fourth-order valence-corrected chi connectivity index (χ4v) is 3.56. The van der Waals surface area contributed by atoms with Gasteiger partial charge in [0.15, 0.2) is 0 Å². The van der Waals surface area contributed by atoms with Crippen molar-refractivity contribution in [3.05, 3.63) is 33.2 Å². The van der Waals surface area contributed by atoms with Crippen molar-refractivity contribution in [2.75, 3.05) is 0 Å². The first kappa shape index (κ1) is 10.5. The van der Waals surface area contributed by atoms with Gasteiger partial charge in [0.1, 0.15) is 5.69 Å². The topological polar surface area (TPSA) is 25.8 Å². The van der Waals surface area contributed by atoms with E-state index in [0.29, 0.717) is 0 Å². The first-order valence-corrected chi connectivity index (χ1v) is 6.86. The predicted octanol–water partition coefficient (Wildman–Crippen LogP) is 4.73. The van der Waals surface area contributed by atoms with Crippen LogP contribution in [0.2, 0.25) is 9.62 Å². The number of nitrogens with zero attached hydrogens (tertiary/aromatic N) is 2. The zero-order valence-electron chi connectivity index (χ0n) is 7.78. The Morgan fingerprint density at radius 2 is 1.94 bits per heavy atom. The molecule has 0 aliphatic carbocycles. The number of thiophene rings is 2. The minimum atomic E-state index is 0.269. The summed E-state index contributed by atoms with van der Waals surface area (Å²) in [5, 5.41) is 2.25. The van der Waals surface area contributed by atoms with Gasteiger partial charge in [0.05, 0.1) is 19.4 Å². The molecule has 16 heavy (non-hydrogen) atoms. The van der Waals surface area contributed by atoms with E-state index < -0.39 is 0 Å². The monoisotopic (exact) mass is 286 g/mol. The van der Waals surface area contributed by atoms with Gasteiger partial charge in [-0.2, -0.15) is 0 Å². The standard InChI is InChI=1S/C10H4Cl2N2S2/c11-7-2-1-6(16-7)8-9-5(3-4-15-9)13-10(12)14-8/h1-4H. The van der Waals surface area contributed by atoms with Crippen LogP contribution in [0.25, 0.3) is 20.8 Å². The highest BCUT2D eigenvalue weighted by Crippen LogP contribution is 2.36. The quantitative estimate of drug-likeness (QED) is 0.605. The molecule has 0 atom stereocenters. The van der Waals surface area contributed by atoms with Crippen molar-refractivity contribution in [3.63, 3.8) is 0 Å². The van der Waals surface area contributed by atoms with Crippen LogP contribution in [0.1, 0.15) is 0 Å². The maximum absolute atomic E-state index is 5.92. The predicted molar refractivity (Wildman–Crippen MR) is 70.7 cm³/mol. The normalized spacial score (nSPS) is 11.1. The minimum absolute atomic E-state index is 0.269. The lowest BCUT2D eigenvalue weighted by atomic mass is 10.3. The van der Waals surface area contributed by atoms with Gasteiger partial charge in [0.25, 0.3) is 0 Å². The Hall–Kier alpha value is -0.680. The van der Waals surface area contributed by atoms with Crippen molar-refractivity contribution < 1.29 is 0 Å². The summed E-state index contributed by atoms with van der Waals surface area (Å²) in [5.74, 6) is 0. The van der Waals surface area contributed by atoms with Crippen LogP contribution < -0.4 is 0 Å². The number of rotatable bonds is 1. The van der Waals surface area contributed by atoms with Crippen LogP contribution in [-0.2, 0) is 0 Å². The van der Waals surface area contributed by atoms with E-state index in [1.165, 1.54) is 11.3 Å². The molecule has 0 aliphatic rings. The maximum atomic E-state index is 5.92. The lowest BCUT2D eigenvalue weighted by Gasteiger charge is -1.99. The summed E-state index contributed by atoms with van der Waals surface area (Å²) in [4.78, 5) is 9.45. The number of fused-ring (bicyclic) bond motifs is 1. The molecule has 3 aromatic rings. The largest absolute Gasteiger partial charge is 0.223 e. The van der Waals surface area contributed by atoms with Gasteiger partial charge in [-0.05, 0) is 35.2 Å². The molecule has 0 saturated heterocycles. The molecule has 0 bridgehead atoms. The lowest BCUT2D eigenvalue weighted by Crippen LogP contribution is -1.85. The highest BCUT2D eigenvalue weighted by Gasteiger charge is 2.11. The summed E-state index contributed by atoms with van der Waals surface area (Å²) in [5.41, 5.74) is 1.74. The van der Waals surface area contributed by atoms with Gasteiger partial charge in [-0.1, -0.05) is 11.6 Å². The van der Waals surface area contributed by atoms with Gasteiger partial charge < -0.3 is 0 Å². The van der Waals surface area contributed by atoms with E-state index in [2.05, 4.69) is 9.97 Å². The van der Waals surface area contributed by atoms with E-state index in [-0.39, 0.29) is 5.28 Å². The molecule has 0 unspecified atom stereocenters. The zero-order chi connectivity index (χ0) is 11.1. The van der Waals surface area contributed by atoms with E-state index in [4.69, 9.17) is 23.2 Å². The van der Waals surface area contributed by atoms with Crippen molar-refractivity contribution in [2.24, 2.45) is 0 Å². The van der Waals surface area contributed by atoms with Gasteiger partial charge >= 0.3 is 0 Å². The third-order valence-corrected chi connectivity index (χ3v) is 4.40. The number of aromatic nitrogens is 2. The van der Waals surface area contributed by atoms with Crippen molar-refractivity contribution in [2.45, 2.75) is 0 Å². The van der Waals surface area contributed by atoms with E-state index in [9.17, 15) is 0 Å². The molecular weight excluding hydrogens is 283 g/mol. The van der Waals surface area contributed by atoms with Gasteiger partial charge in [0.2, 0.25) is 5.28 Å². The molecule has 0 amide bonds. The van der Waals surface area contributed by atoms with E-state index in [1.54, 1.807) is 11.3 Å². The molecule has 3 rings (SSSR count). The smallest absolute Gasteiger partial charge is 0.217 e. The van der Waals surface area contributed by atoms with Gasteiger partial charge in [0, 0.05) is 0 Å². The number of hydrogen-bond donors (Lipinski definition) is 0. The van der Waals surface area contributed by atoms with Crippen molar-refractivity contribution in [1.82, 2.24) is 9.97 Å². The SMILES string of the molecule is Clc1nc(-c2ccc(Cl)s2)c2sccc2n1. The zero-order valence-corrected chi connectivity index (χ0v) is 10.9. The Kier molecular flexibility index (Phi) is 2.59. The highest BCUT2D eigenvalue weighted by atomic mass is 35.5. The lowest BCUT2D eigenvalue weighted by molar-refractivity contribution is 1.24. The average Bonchev–Trinajstić information content (AvgIpc) is 2.84. The maximum Gasteiger partial charge on any atom is 0.223 e. The summed E-state index contributed by atoms with van der Waals surface area (Å²) < 4.78 is 1.79. The Labute approximate surface area is 109 Å².